The third-order valence-corrected chi connectivity index (χ3v) is 8.49. The van der Waals surface area contributed by atoms with Crippen molar-refractivity contribution >= 4 is 5.69 Å². The van der Waals surface area contributed by atoms with Crippen LogP contribution in [-0.4, -0.2) is 26.3 Å². The van der Waals surface area contributed by atoms with Gasteiger partial charge in [-0.3, -0.25) is 0 Å². The lowest BCUT2D eigenvalue weighted by molar-refractivity contribution is -0.0350. The Hall–Kier alpha value is -2.67. The van der Waals surface area contributed by atoms with Crippen molar-refractivity contribution in [2.45, 2.75) is 51.4 Å². The molecule has 0 aromatic heterocycles. The number of hydrogen-bond acceptors (Lipinski definition) is 4. The van der Waals surface area contributed by atoms with Gasteiger partial charge in [0.25, 0.3) is 0 Å². The molecular formula is C28H32N2O2. The first-order chi connectivity index (χ1) is 15.7. The Bertz CT molecular complexity index is 1040. The topological polar surface area (TPSA) is 45.5 Å². The zero-order chi connectivity index (χ0) is 21.5. The van der Waals surface area contributed by atoms with Gasteiger partial charge in [0.2, 0.25) is 0 Å². The zero-order valence-corrected chi connectivity index (χ0v) is 18.8. The molecule has 32 heavy (non-hydrogen) atoms. The summed E-state index contributed by atoms with van der Waals surface area (Å²) in [7, 11) is 0. The van der Waals surface area contributed by atoms with E-state index in [1.165, 1.54) is 51.4 Å². The molecule has 2 aromatic rings. The van der Waals surface area contributed by atoms with Gasteiger partial charge >= 0.3 is 0 Å². The van der Waals surface area contributed by atoms with Gasteiger partial charge in [-0.2, -0.15) is 5.26 Å². The van der Waals surface area contributed by atoms with E-state index in [-0.39, 0.29) is 0 Å². The summed E-state index contributed by atoms with van der Waals surface area (Å²) in [6.45, 7) is 3.27. The lowest BCUT2D eigenvalue weighted by Gasteiger charge is -2.55. The molecule has 2 aromatic carbocycles. The van der Waals surface area contributed by atoms with Crippen molar-refractivity contribution in [1.29, 1.82) is 5.26 Å². The molecule has 2 aliphatic carbocycles. The number of ether oxygens (including phenoxy) is 2. The van der Waals surface area contributed by atoms with Crippen LogP contribution in [0.1, 0.15) is 56.9 Å². The number of benzene rings is 2. The SMILES string of the molecule is N#Cc1c(-c2ccc3c(c2)OCCO3)cccc1N1CCC(CC2CC3(CCC3)C2)CC1. The number of nitrogens with zero attached hydrogens (tertiary/aromatic N) is 2. The summed E-state index contributed by atoms with van der Waals surface area (Å²) in [5.74, 6) is 3.40. The van der Waals surface area contributed by atoms with E-state index in [1.54, 1.807) is 0 Å². The second-order valence-electron chi connectivity index (χ2n) is 10.5. The van der Waals surface area contributed by atoms with Crippen LogP contribution >= 0.6 is 0 Å². The fourth-order valence-corrected chi connectivity index (χ4v) is 6.67. The van der Waals surface area contributed by atoms with Crippen LogP contribution in [0.4, 0.5) is 5.69 Å². The Morgan fingerprint density at radius 1 is 0.969 bits per heavy atom. The Morgan fingerprint density at radius 3 is 2.47 bits per heavy atom. The first-order valence-corrected chi connectivity index (χ1v) is 12.4. The molecule has 4 heteroatoms. The molecule has 2 saturated carbocycles. The number of piperidine rings is 1. The van der Waals surface area contributed by atoms with Gasteiger partial charge < -0.3 is 14.4 Å². The largest absolute Gasteiger partial charge is 0.486 e. The monoisotopic (exact) mass is 428 g/mol. The first kappa shape index (κ1) is 20.0. The van der Waals surface area contributed by atoms with Crippen LogP contribution in [0.5, 0.6) is 11.5 Å². The van der Waals surface area contributed by atoms with Gasteiger partial charge in [0, 0.05) is 18.7 Å². The molecule has 2 aliphatic heterocycles. The van der Waals surface area contributed by atoms with Crippen molar-refractivity contribution in [1.82, 2.24) is 0 Å². The van der Waals surface area contributed by atoms with Crippen molar-refractivity contribution in [3.8, 4) is 28.7 Å². The fraction of sp³-hybridized carbons (Fsp3) is 0.536. The van der Waals surface area contributed by atoms with E-state index in [2.05, 4.69) is 23.1 Å². The van der Waals surface area contributed by atoms with E-state index in [0.29, 0.717) is 13.2 Å². The van der Waals surface area contributed by atoms with Crippen LogP contribution < -0.4 is 14.4 Å². The summed E-state index contributed by atoms with van der Waals surface area (Å²) in [6.07, 6.45) is 11.4. The minimum absolute atomic E-state index is 0.568. The lowest BCUT2D eigenvalue weighted by Crippen LogP contribution is -2.44. The Labute approximate surface area is 191 Å². The Morgan fingerprint density at radius 2 is 1.75 bits per heavy atom. The Balaban J connectivity index is 1.15. The molecule has 0 N–H and O–H groups in total. The van der Waals surface area contributed by atoms with Crippen LogP contribution in [0, 0.1) is 28.6 Å². The highest BCUT2D eigenvalue weighted by Crippen LogP contribution is 2.60. The summed E-state index contributed by atoms with van der Waals surface area (Å²) in [6, 6.07) is 14.8. The van der Waals surface area contributed by atoms with Gasteiger partial charge in [0.05, 0.1) is 11.3 Å². The van der Waals surface area contributed by atoms with E-state index in [4.69, 9.17) is 9.47 Å². The molecule has 0 amide bonds. The minimum Gasteiger partial charge on any atom is -0.486 e. The second-order valence-corrected chi connectivity index (χ2v) is 10.5. The maximum Gasteiger partial charge on any atom is 0.161 e. The Kier molecular flexibility index (Phi) is 5.01. The van der Waals surface area contributed by atoms with Crippen LogP contribution in [0.3, 0.4) is 0 Å². The van der Waals surface area contributed by atoms with Crippen molar-refractivity contribution in [2.24, 2.45) is 17.3 Å². The van der Waals surface area contributed by atoms with E-state index in [1.807, 2.05) is 24.3 Å². The molecule has 6 rings (SSSR count). The third-order valence-electron chi connectivity index (χ3n) is 8.49. The van der Waals surface area contributed by atoms with E-state index in [9.17, 15) is 5.26 Å². The summed E-state index contributed by atoms with van der Waals surface area (Å²) in [5, 5.41) is 10.1. The number of rotatable bonds is 4. The van der Waals surface area contributed by atoms with Gasteiger partial charge in [-0.25, -0.2) is 0 Å². The van der Waals surface area contributed by atoms with Crippen LogP contribution in [0.15, 0.2) is 36.4 Å². The van der Waals surface area contributed by atoms with Gasteiger partial charge in [0.15, 0.2) is 11.5 Å². The quantitative estimate of drug-likeness (QED) is 0.583. The van der Waals surface area contributed by atoms with Gasteiger partial charge in [-0.05, 0) is 86.0 Å². The van der Waals surface area contributed by atoms with Crippen LogP contribution in [-0.2, 0) is 0 Å². The maximum absolute atomic E-state index is 10.1. The molecule has 1 spiro atoms. The molecule has 1 saturated heterocycles. The van der Waals surface area contributed by atoms with Crippen molar-refractivity contribution in [2.75, 3.05) is 31.2 Å². The molecule has 166 valence electrons. The normalized spacial score (nSPS) is 22.2. The van der Waals surface area contributed by atoms with Crippen molar-refractivity contribution < 1.29 is 9.47 Å². The predicted molar refractivity (Wildman–Crippen MR) is 126 cm³/mol. The molecule has 0 atom stereocenters. The fourth-order valence-electron chi connectivity index (χ4n) is 6.67. The van der Waals surface area contributed by atoms with Gasteiger partial charge in [-0.1, -0.05) is 24.6 Å². The average Bonchev–Trinajstić information content (AvgIpc) is 2.79. The van der Waals surface area contributed by atoms with Crippen molar-refractivity contribution in [3.63, 3.8) is 0 Å². The number of nitriles is 1. The molecule has 2 heterocycles. The van der Waals surface area contributed by atoms with E-state index in [0.717, 1.165) is 64.2 Å². The molecule has 4 aliphatic rings. The molecule has 0 bridgehead atoms. The number of anilines is 1. The van der Waals surface area contributed by atoms with Gasteiger partial charge in [-0.15, -0.1) is 0 Å². The minimum atomic E-state index is 0.568. The summed E-state index contributed by atoms with van der Waals surface area (Å²) in [5.41, 5.74) is 4.63. The van der Waals surface area contributed by atoms with Crippen molar-refractivity contribution in [3.05, 3.63) is 42.0 Å². The smallest absolute Gasteiger partial charge is 0.161 e. The number of hydrogen-bond donors (Lipinski definition) is 0. The summed E-state index contributed by atoms with van der Waals surface area (Å²) >= 11 is 0. The highest BCUT2D eigenvalue weighted by Gasteiger charge is 2.48. The third kappa shape index (κ3) is 3.52. The predicted octanol–water partition coefficient (Wildman–Crippen LogP) is 6.18. The highest BCUT2D eigenvalue weighted by molar-refractivity contribution is 5.79. The van der Waals surface area contributed by atoms with E-state index >= 15 is 0 Å². The highest BCUT2D eigenvalue weighted by atomic mass is 16.6. The van der Waals surface area contributed by atoms with Crippen LogP contribution in [0.25, 0.3) is 11.1 Å². The molecular weight excluding hydrogens is 396 g/mol. The van der Waals surface area contributed by atoms with Crippen LogP contribution in [0.2, 0.25) is 0 Å². The summed E-state index contributed by atoms with van der Waals surface area (Å²) < 4.78 is 11.4. The lowest BCUT2D eigenvalue weighted by atomic mass is 9.50. The molecule has 0 radical (unpaired) electrons. The molecule has 0 unspecified atom stereocenters. The number of fused-ring (bicyclic) bond motifs is 1. The van der Waals surface area contributed by atoms with Gasteiger partial charge in [0.1, 0.15) is 19.3 Å². The zero-order valence-electron chi connectivity index (χ0n) is 18.8. The van der Waals surface area contributed by atoms with E-state index < -0.39 is 0 Å². The molecule has 3 fully saturated rings. The maximum atomic E-state index is 10.1. The average molecular weight is 429 g/mol. The first-order valence-electron chi connectivity index (χ1n) is 12.4. The molecule has 4 nitrogen and oxygen atoms in total. The summed E-state index contributed by atoms with van der Waals surface area (Å²) in [4.78, 5) is 2.44. The second kappa shape index (κ2) is 8.03. The standard InChI is InChI=1S/C28H32N2O2/c29-19-24-23(22-5-6-26-27(16-22)32-14-13-31-26)3-1-4-25(24)30-11-7-20(8-12-30)15-21-17-28(18-21)9-2-10-28/h1,3-6,16,20-21H,2,7-15,17-18H2.